The van der Waals surface area contributed by atoms with Crippen molar-refractivity contribution in [1.82, 2.24) is 10.2 Å². The number of ether oxygens (including phenoxy) is 5. The van der Waals surface area contributed by atoms with Crippen molar-refractivity contribution in [3.05, 3.63) is 12.7 Å². The number of rotatable bonds is 7. The molecule has 250 valence electrons. The fourth-order valence-corrected chi connectivity index (χ4v) is 7.15. The van der Waals surface area contributed by atoms with Gasteiger partial charge in [0.2, 0.25) is 0 Å². The van der Waals surface area contributed by atoms with E-state index >= 15 is 0 Å². The van der Waals surface area contributed by atoms with Crippen molar-refractivity contribution in [3.63, 3.8) is 0 Å². The fourth-order valence-electron chi connectivity index (χ4n) is 7.15. The second kappa shape index (κ2) is 14.4. The van der Waals surface area contributed by atoms with E-state index in [0.717, 1.165) is 0 Å². The summed E-state index contributed by atoms with van der Waals surface area (Å²) in [5, 5.41) is 14.0. The first-order valence-electron chi connectivity index (χ1n) is 15.6. The van der Waals surface area contributed by atoms with Gasteiger partial charge in [0.05, 0.1) is 30.5 Å². The average molecular weight is 625 g/mol. The normalized spacial score (nSPS) is 42.6. The summed E-state index contributed by atoms with van der Waals surface area (Å²) < 4.78 is 30.3. The number of ketones is 2. The van der Waals surface area contributed by atoms with Gasteiger partial charge in [0.25, 0.3) is 0 Å². The second-order valence-electron chi connectivity index (χ2n) is 13.4. The molecule has 3 aliphatic heterocycles. The molecular weight excluding hydrogens is 572 g/mol. The molecule has 3 heterocycles. The molecule has 0 radical (unpaired) electrons. The summed E-state index contributed by atoms with van der Waals surface area (Å²) >= 11 is 0. The number of fused-ring (bicyclic) bond motifs is 1. The van der Waals surface area contributed by atoms with Crippen LogP contribution in [0.5, 0.6) is 0 Å². The molecule has 0 unspecified atom stereocenters. The van der Waals surface area contributed by atoms with Gasteiger partial charge in [-0.15, -0.1) is 6.58 Å². The third-order valence-electron chi connectivity index (χ3n) is 9.60. The van der Waals surface area contributed by atoms with Crippen molar-refractivity contribution in [1.29, 1.82) is 0 Å². The number of hydrogen-bond donors (Lipinski definition) is 2. The van der Waals surface area contributed by atoms with E-state index in [1.807, 2.05) is 25.9 Å². The van der Waals surface area contributed by atoms with E-state index in [2.05, 4.69) is 11.9 Å². The van der Waals surface area contributed by atoms with E-state index in [9.17, 15) is 24.3 Å². The summed E-state index contributed by atoms with van der Waals surface area (Å²) in [4.78, 5) is 55.3. The first-order chi connectivity index (χ1) is 20.5. The maximum Gasteiger partial charge on any atom is 0.408 e. The van der Waals surface area contributed by atoms with Crippen LogP contribution in [0.25, 0.3) is 0 Å². The molecule has 1 amide bonds. The van der Waals surface area contributed by atoms with Crippen LogP contribution < -0.4 is 5.32 Å². The molecule has 0 aromatic carbocycles. The number of amides is 1. The zero-order valence-corrected chi connectivity index (χ0v) is 27.7. The summed E-state index contributed by atoms with van der Waals surface area (Å²) in [6, 6.07) is -1.06. The van der Waals surface area contributed by atoms with Crippen LogP contribution in [0.3, 0.4) is 0 Å². The predicted molar refractivity (Wildman–Crippen MR) is 161 cm³/mol. The van der Waals surface area contributed by atoms with Crippen LogP contribution in [0.15, 0.2) is 12.7 Å². The predicted octanol–water partition coefficient (Wildman–Crippen LogP) is 2.79. The number of carbonyl (C=O) groups excluding carboxylic acids is 4. The minimum Gasteiger partial charge on any atom is -0.458 e. The number of Topliss-reactive ketones (excluding diaryl/α,β-unsaturated/α-hetero) is 2. The first kappa shape index (κ1) is 36.1. The number of aliphatic hydroxyl groups excluding tert-OH is 1. The van der Waals surface area contributed by atoms with Crippen molar-refractivity contribution < 1.29 is 48.0 Å². The Kier molecular flexibility index (Phi) is 11.8. The molecule has 0 saturated carbocycles. The Hall–Kier alpha value is -2.38. The molecule has 0 aromatic rings. The van der Waals surface area contributed by atoms with Gasteiger partial charge >= 0.3 is 12.1 Å². The second-order valence-corrected chi connectivity index (χ2v) is 13.4. The quantitative estimate of drug-likeness (QED) is 0.245. The zero-order chi connectivity index (χ0) is 33.1. The number of hydrogen-bond acceptors (Lipinski definition) is 11. The number of esters is 1. The summed E-state index contributed by atoms with van der Waals surface area (Å²) in [5.74, 6) is -3.70. The lowest BCUT2D eigenvalue weighted by Crippen LogP contribution is -2.59. The lowest BCUT2D eigenvalue weighted by atomic mass is 9.74. The SMILES string of the molecule is C=CCO[C@@]1(C)C[C@@H](C)C(=O)[C@@H](C)[C@H]2NC(=O)O[C@]2(C)[C@H](CC)OC(=O)CC(=O)[C@H](C)[C@H]1O[C@@H]1O[C@H](C)C[C@H](N(C)C)[C@H]1O. The van der Waals surface area contributed by atoms with Crippen molar-refractivity contribution in [3.8, 4) is 0 Å². The Morgan fingerprint density at radius 1 is 1.11 bits per heavy atom. The highest BCUT2D eigenvalue weighted by Crippen LogP contribution is 2.40. The molecule has 44 heavy (non-hydrogen) atoms. The smallest absolute Gasteiger partial charge is 0.408 e. The molecule has 12 atom stereocenters. The number of aliphatic hydroxyl groups is 1. The maximum absolute atomic E-state index is 14.0. The van der Waals surface area contributed by atoms with Crippen LogP contribution in [-0.4, -0.2) is 108 Å². The summed E-state index contributed by atoms with van der Waals surface area (Å²) in [5.41, 5.74) is -2.61. The number of nitrogens with one attached hydrogen (secondary N) is 1. The van der Waals surface area contributed by atoms with Crippen LogP contribution in [-0.2, 0) is 38.1 Å². The van der Waals surface area contributed by atoms with Crippen molar-refractivity contribution >= 4 is 23.6 Å². The number of carbonyl (C=O) groups is 4. The molecule has 3 rings (SSSR count). The summed E-state index contributed by atoms with van der Waals surface area (Å²) in [6.07, 6.45) is -3.06. The Bertz CT molecular complexity index is 1080. The van der Waals surface area contributed by atoms with E-state index in [0.29, 0.717) is 6.42 Å². The van der Waals surface area contributed by atoms with Crippen LogP contribution in [0.2, 0.25) is 0 Å². The van der Waals surface area contributed by atoms with Gasteiger partial charge in [0, 0.05) is 23.8 Å². The molecule has 0 bridgehead atoms. The fraction of sp³-hybridized carbons (Fsp3) is 0.812. The topological polar surface area (TPSA) is 150 Å². The van der Waals surface area contributed by atoms with E-state index < -0.39 is 83.9 Å². The third-order valence-corrected chi connectivity index (χ3v) is 9.60. The largest absolute Gasteiger partial charge is 0.458 e. The number of cyclic esters (lactones) is 1. The Balaban J connectivity index is 2.09. The maximum atomic E-state index is 14.0. The van der Waals surface area contributed by atoms with Crippen molar-refractivity contribution in [2.24, 2.45) is 17.8 Å². The molecule has 0 spiro atoms. The highest BCUT2D eigenvalue weighted by atomic mass is 16.7. The Morgan fingerprint density at radius 2 is 1.77 bits per heavy atom. The van der Waals surface area contributed by atoms with Crippen molar-refractivity contribution in [2.45, 2.75) is 128 Å². The monoisotopic (exact) mass is 624 g/mol. The molecule has 3 aliphatic rings. The van der Waals surface area contributed by atoms with Crippen LogP contribution in [0, 0.1) is 17.8 Å². The molecule has 0 aliphatic carbocycles. The minimum atomic E-state index is -1.34. The molecule has 3 fully saturated rings. The Morgan fingerprint density at radius 3 is 2.36 bits per heavy atom. The van der Waals surface area contributed by atoms with Crippen LogP contribution >= 0.6 is 0 Å². The van der Waals surface area contributed by atoms with Crippen LogP contribution in [0.4, 0.5) is 4.79 Å². The lowest BCUT2D eigenvalue weighted by Gasteiger charge is -2.47. The highest BCUT2D eigenvalue weighted by Gasteiger charge is 2.56. The highest BCUT2D eigenvalue weighted by molar-refractivity contribution is 5.97. The van der Waals surface area contributed by atoms with Gasteiger partial charge in [-0.1, -0.05) is 33.8 Å². The first-order valence-corrected chi connectivity index (χ1v) is 15.6. The number of alkyl carbamates (subject to hydrolysis) is 1. The van der Waals surface area contributed by atoms with Gasteiger partial charge in [-0.2, -0.15) is 0 Å². The molecule has 0 aromatic heterocycles. The van der Waals surface area contributed by atoms with Crippen LogP contribution in [0.1, 0.15) is 74.1 Å². The average Bonchev–Trinajstić information content (AvgIpc) is 3.27. The number of likely N-dealkylation sites (N-methyl/N-ethyl adjacent to an activating group) is 1. The molecule has 12 nitrogen and oxygen atoms in total. The Labute approximate surface area is 261 Å². The summed E-state index contributed by atoms with van der Waals surface area (Å²) in [7, 11) is 3.72. The third kappa shape index (κ3) is 7.52. The molecule has 2 N–H and O–H groups in total. The van der Waals surface area contributed by atoms with E-state index in [1.165, 1.54) is 0 Å². The van der Waals surface area contributed by atoms with E-state index in [4.69, 9.17) is 23.7 Å². The molecular formula is C32H52N2O10. The van der Waals surface area contributed by atoms with E-state index in [1.54, 1.807) is 47.6 Å². The van der Waals surface area contributed by atoms with Gasteiger partial charge in [-0.25, -0.2) is 4.79 Å². The van der Waals surface area contributed by atoms with Crippen molar-refractivity contribution in [2.75, 3.05) is 20.7 Å². The summed E-state index contributed by atoms with van der Waals surface area (Å²) in [6.45, 7) is 16.0. The number of nitrogens with zero attached hydrogens (tertiary/aromatic N) is 1. The van der Waals surface area contributed by atoms with Gasteiger partial charge in [-0.05, 0) is 54.1 Å². The van der Waals surface area contributed by atoms with E-state index in [-0.39, 0.29) is 37.4 Å². The molecule has 12 heteroatoms. The van der Waals surface area contributed by atoms with Gasteiger partial charge in [-0.3, -0.25) is 14.4 Å². The lowest BCUT2D eigenvalue weighted by molar-refractivity contribution is -0.296. The minimum absolute atomic E-state index is 0.0867. The molecule has 3 saturated heterocycles. The van der Waals surface area contributed by atoms with Gasteiger partial charge in [0.1, 0.15) is 30.2 Å². The van der Waals surface area contributed by atoms with Gasteiger partial charge in [0.15, 0.2) is 11.9 Å². The zero-order valence-electron chi connectivity index (χ0n) is 27.7. The standard InChI is InChI=1S/C32H52N2O10/c1-11-13-40-31(7)16-17(3)25(37)20(6)27-32(8,44-30(39)33-27)23(12-2)42-24(36)15-22(35)19(5)28(31)43-29-26(38)21(34(9)10)14-18(4)41-29/h11,17-21,23,26-29,38H,1,12-16H2,2-10H3,(H,33,39)/t17-,18-,19+,20-,21+,23+,26-,27-,28-,29+,31+,32-/m1/s1. The van der Waals surface area contributed by atoms with Gasteiger partial charge < -0.3 is 39.0 Å².